The van der Waals surface area contributed by atoms with Crippen LogP contribution in [0.1, 0.15) is 23.3 Å². The molecule has 0 radical (unpaired) electrons. The number of aliphatic hydroxyl groups is 1. The van der Waals surface area contributed by atoms with Crippen LogP contribution in [-0.4, -0.2) is 60.4 Å². The van der Waals surface area contributed by atoms with Crippen LogP contribution in [0.3, 0.4) is 0 Å². The Hall–Kier alpha value is -2.58. The minimum absolute atomic E-state index is 0.179. The van der Waals surface area contributed by atoms with Gasteiger partial charge in [-0.15, -0.1) is 0 Å². The predicted molar refractivity (Wildman–Crippen MR) is 99.1 cm³/mol. The van der Waals surface area contributed by atoms with Gasteiger partial charge in [0.15, 0.2) is 0 Å². The van der Waals surface area contributed by atoms with Gasteiger partial charge in [-0.05, 0) is 24.3 Å². The lowest BCUT2D eigenvalue weighted by Gasteiger charge is -2.32. The number of rotatable bonds is 6. The van der Waals surface area contributed by atoms with Gasteiger partial charge in [-0.25, -0.2) is 0 Å². The molecule has 0 aliphatic carbocycles. The molecule has 1 aromatic carbocycles. The van der Waals surface area contributed by atoms with E-state index >= 15 is 0 Å². The first-order valence-electron chi connectivity index (χ1n) is 8.80. The summed E-state index contributed by atoms with van der Waals surface area (Å²) in [7, 11) is 4.87. The van der Waals surface area contributed by atoms with Gasteiger partial charge < -0.3 is 24.6 Å². The molecule has 8 nitrogen and oxygen atoms in total. The van der Waals surface area contributed by atoms with E-state index in [2.05, 4.69) is 10.4 Å². The number of benzene rings is 1. The SMILES string of the molecule is COc1ccc(OC)c(-c2cc(C(=O)NCC3(O)CCOCC3)n(C)n2)c1. The Labute approximate surface area is 158 Å². The maximum absolute atomic E-state index is 12.6. The Morgan fingerprint density at radius 1 is 1.30 bits per heavy atom. The van der Waals surface area contributed by atoms with Crippen LogP contribution in [0, 0.1) is 0 Å². The monoisotopic (exact) mass is 375 g/mol. The second-order valence-corrected chi connectivity index (χ2v) is 6.62. The Balaban J connectivity index is 1.79. The molecule has 1 aliphatic rings. The highest BCUT2D eigenvalue weighted by Gasteiger charge is 2.30. The first-order chi connectivity index (χ1) is 13.0. The van der Waals surface area contributed by atoms with Crippen LogP contribution in [0.5, 0.6) is 11.5 Å². The molecule has 2 N–H and O–H groups in total. The van der Waals surface area contributed by atoms with E-state index in [1.807, 2.05) is 6.07 Å². The van der Waals surface area contributed by atoms with E-state index in [0.29, 0.717) is 48.9 Å². The summed E-state index contributed by atoms with van der Waals surface area (Å²) in [5, 5.41) is 17.7. The number of nitrogens with zero attached hydrogens (tertiary/aromatic N) is 2. The van der Waals surface area contributed by atoms with E-state index in [1.165, 1.54) is 4.68 Å². The smallest absolute Gasteiger partial charge is 0.269 e. The molecule has 1 amide bonds. The number of carbonyl (C=O) groups is 1. The molecule has 146 valence electrons. The second kappa shape index (κ2) is 7.98. The number of aryl methyl sites for hydroxylation is 1. The number of hydrogen-bond donors (Lipinski definition) is 2. The van der Waals surface area contributed by atoms with Gasteiger partial charge in [0.2, 0.25) is 0 Å². The first kappa shape index (κ1) is 19.2. The van der Waals surface area contributed by atoms with E-state index in [-0.39, 0.29) is 12.5 Å². The fourth-order valence-electron chi connectivity index (χ4n) is 3.09. The lowest BCUT2D eigenvalue weighted by Crippen LogP contribution is -2.46. The van der Waals surface area contributed by atoms with Crippen molar-refractivity contribution in [3.8, 4) is 22.8 Å². The van der Waals surface area contributed by atoms with Gasteiger partial charge in [0.05, 0.1) is 25.5 Å². The van der Waals surface area contributed by atoms with Gasteiger partial charge >= 0.3 is 0 Å². The minimum Gasteiger partial charge on any atom is -0.497 e. The summed E-state index contributed by atoms with van der Waals surface area (Å²) in [6.07, 6.45) is 1.01. The molecule has 8 heteroatoms. The molecule has 27 heavy (non-hydrogen) atoms. The second-order valence-electron chi connectivity index (χ2n) is 6.62. The van der Waals surface area contributed by atoms with Crippen molar-refractivity contribution < 1.29 is 24.1 Å². The molecule has 0 atom stereocenters. The quantitative estimate of drug-likeness (QED) is 0.792. The fourth-order valence-corrected chi connectivity index (χ4v) is 3.09. The van der Waals surface area contributed by atoms with Gasteiger partial charge in [0.1, 0.15) is 17.2 Å². The van der Waals surface area contributed by atoms with Crippen LogP contribution in [0.15, 0.2) is 24.3 Å². The molecule has 1 aromatic heterocycles. The number of carbonyl (C=O) groups excluding carboxylic acids is 1. The van der Waals surface area contributed by atoms with Gasteiger partial charge in [-0.3, -0.25) is 9.48 Å². The van der Waals surface area contributed by atoms with E-state index < -0.39 is 5.60 Å². The zero-order chi connectivity index (χ0) is 19.4. The molecule has 0 spiro atoms. The summed E-state index contributed by atoms with van der Waals surface area (Å²) in [4.78, 5) is 12.6. The number of hydrogen-bond acceptors (Lipinski definition) is 6. The van der Waals surface area contributed by atoms with Crippen LogP contribution in [0.2, 0.25) is 0 Å². The van der Waals surface area contributed by atoms with Crippen LogP contribution < -0.4 is 14.8 Å². The molecule has 0 unspecified atom stereocenters. The summed E-state index contributed by atoms with van der Waals surface area (Å²) in [6, 6.07) is 7.10. The average Bonchev–Trinajstić information content (AvgIpc) is 3.08. The summed E-state index contributed by atoms with van der Waals surface area (Å²) in [5.41, 5.74) is 0.800. The average molecular weight is 375 g/mol. The van der Waals surface area contributed by atoms with E-state index in [0.717, 1.165) is 5.56 Å². The molecule has 0 saturated carbocycles. The maximum atomic E-state index is 12.6. The third-order valence-corrected chi connectivity index (χ3v) is 4.80. The predicted octanol–water partition coefficient (Wildman–Crippen LogP) is 1.38. The maximum Gasteiger partial charge on any atom is 0.269 e. The van der Waals surface area contributed by atoms with E-state index in [9.17, 15) is 9.90 Å². The Morgan fingerprint density at radius 3 is 2.70 bits per heavy atom. The van der Waals surface area contributed by atoms with Gasteiger partial charge in [-0.1, -0.05) is 0 Å². The summed E-state index contributed by atoms with van der Waals surface area (Å²) < 4.78 is 17.4. The van der Waals surface area contributed by atoms with E-state index in [4.69, 9.17) is 14.2 Å². The molecule has 1 saturated heterocycles. The molecule has 0 bridgehead atoms. The van der Waals surface area contributed by atoms with Gasteiger partial charge in [0.25, 0.3) is 5.91 Å². The highest BCUT2D eigenvalue weighted by molar-refractivity contribution is 5.94. The Kier molecular flexibility index (Phi) is 5.67. The largest absolute Gasteiger partial charge is 0.497 e. The summed E-state index contributed by atoms with van der Waals surface area (Å²) >= 11 is 0. The lowest BCUT2D eigenvalue weighted by atomic mass is 9.94. The number of aromatic nitrogens is 2. The van der Waals surface area contributed by atoms with Crippen molar-refractivity contribution in [1.29, 1.82) is 0 Å². The summed E-state index contributed by atoms with van der Waals surface area (Å²) in [6.45, 7) is 1.17. The van der Waals surface area contributed by atoms with Crippen molar-refractivity contribution in [2.75, 3.05) is 34.0 Å². The van der Waals surface area contributed by atoms with Crippen molar-refractivity contribution in [2.24, 2.45) is 7.05 Å². The molecular formula is C19H25N3O5. The van der Waals surface area contributed by atoms with Crippen LogP contribution in [0.25, 0.3) is 11.3 Å². The number of methoxy groups -OCH3 is 2. The molecule has 3 rings (SSSR count). The number of amides is 1. The lowest BCUT2D eigenvalue weighted by molar-refractivity contribution is -0.0605. The van der Waals surface area contributed by atoms with Gasteiger partial charge in [-0.2, -0.15) is 5.10 Å². The normalized spacial score (nSPS) is 16.0. The molecular weight excluding hydrogens is 350 g/mol. The molecule has 2 heterocycles. The summed E-state index contributed by atoms with van der Waals surface area (Å²) in [5.74, 6) is 1.01. The number of nitrogens with one attached hydrogen (secondary N) is 1. The molecule has 2 aromatic rings. The van der Waals surface area contributed by atoms with Crippen molar-refractivity contribution in [3.05, 3.63) is 30.0 Å². The van der Waals surface area contributed by atoms with Crippen molar-refractivity contribution in [2.45, 2.75) is 18.4 Å². The molecule has 1 fully saturated rings. The van der Waals surface area contributed by atoms with Crippen LogP contribution in [-0.2, 0) is 11.8 Å². The third-order valence-electron chi connectivity index (χ3n) is 4.80. The topological polar surface area (TPSA) is 94.8 Å². The van der Waals surface area contributed by atoms with Gasteiger partial charge in [0, 0.05) is 45.2 Å². The van der Waals surface area contributed by atoms with Crippen LogP contribution in [0.4, 0.5) is 0 Å². The van der Waals surface area contributed by atoms with Crippen molar-refractivity contribution >= 4 is 5.91 Å². The first-order valence-corrected chi connectivity index (χ1v) is 8.80. The highest BCUT2D eigenvalue weighted by atomic mass is 16.5. The molecule has 1 aliphatic heterocycles. The number of ether oxygens (including phenoxy) is 3. The zero-order valence-electron chi connectivity index (χ0n) is 15.8. The van der Waals surface area contributed by atoms with Crippen LogP contribution >= 0.6 is 0 Å². The third kappa shape index (κ3) is 4.23. The van der Waals surface area contributed by atoms with Crippen molar-refractivity contribution in [3.63, 3.8) is 0 Å². The standard InChI is InChI=1S/C19H25N3O5/c1-22-16(18(23)20-12-19(24)6-8-27-9-7-19)11-15(21-22)14-10-13(25-2)4-5-17(14)26-3/h4-5,10-11,24H,6-9,12H2,1-3H3,(H,20,23). The highest BCUT2D eigenvalue weighted by Crippen LogP contribution is 2.33. The minimum atomic E-state index is -0.925. The van der Waals surface area contributed by atoms with E-state index in [1.54, 1.807) is 39.5 Å². The zero-order valence-corrected chi connectivity index (χ0v) is 15.8. The Morgan fingerprint density at radius 2 is 2.04 bits per heavy atom. The van der Waals surface area contributed by atoms with Crippen molar-refractivity contribution in [1.82, 2.24) is 15.1 Å². The fraction of sp³-hybridized carbons (Fsp3) is 0.474. The Bertz CT molecular complexity index is 812.